The molecule has 7 heteroatoms. The van der Waals surface area contributed by atoms with Crippen molar-refractivity contribution >= 4 is 21.6 Å². The van der Waals surface area contributed by atoms with Gasteiger partial charge in [-0.15, -0.1) is 0 Å². The van der Waals surface area contributed by atoms with Crippen LogP contribution in [0.25, 0.3) is 0 Å². The van der Waals surface area contributed by atoms with Gasteiger partial charge in [0.2, 0.25) is 15.9 Å². The number of rotatable bonds is 5. The lowest BCUT2D eigenvalue weighted by Crippen LogP contribution is -2.46. The molecule has 2 rings (SSSR count). The number of hydrogen-bond donors (Lipinski definition) is 2. The molecule has 112 valence electrons. The van der Waals surface area contributed by atoms with Crippen molar-refractivity contribution in [2.45, 2.75) is 37.1 Å². The van der Waals surface area contributed by atoms with E-state index in [2.05, 4.69) is 16.1 Å². The predicted molar refractivity (Wildman–Crippen MR) is 77.8 cm³/mol. The van der Waals surface area contributed by atoms with Crippen LogP contribution in [0.2, 0.25) is 0 Å². The molecule has 0 bridgehead atoms. The van der Waals surface area contributed by atoms with Gasteiger partial charge in [0.05, 0.1) is 11.0 Å². The van der Waals surface area contributed by atoms with Crippen molar-refractivity contribution in [1.82, 2.24) is 4.72 Å². The molecule has 0 spiro atoms. The Morgan fingerprint density at radius 2 is 1.90 bits per heavy atom. The van der Waals surface area contributed by atoms with Crippen LogP contribution in [-0.4, -0.2) is 19.9 Å². The largest absolute Gasteiger partial charge is 0.326 e. The minimum Gasteiger partial charge on any atom is -0.326 e. The molecule has 1 aromatic rings. The Kier molecular flexibility index (Phi) is 4.03. The van der Waals surface area contributed by atoms with Crippen LogP contribution in [0.5, 0.6) is 0 Å². The van der Waals surface area contributed by atoms with Gasteiger partial charge in [0.1, 0.15) is 5.54 Å². The lowest BCUT2D eigenvalue weighted by molar-refractivity contribution is -0.114. The minimum atomic E-state index is -3.77. The van der Waals surface area contributed by atoms with E-state index in [1.54, 1.807) is 6.92 Å². The summed E-state index contributed by atoms with van der Waals surface area (Å²) in [7, 11) is -3.77. The Balaban J connectivity index is 2.19. The zero-order valence-corrected chi connectivity index (χ0v) is 12.7. The molecule has 1 atom stereocenters. The summed E-state index contributed by atoms with van der Waals surface area (Å²) in [6.07, 6.45) is 1.71. The molecule has 21 heavy (non-hydrogen) atoms. The molecule has 1 aliphatic carbocycles. The Labute approximate surface area is 124 Å². The maximum absolute atomic E-state index is 12.3. The highest BCUT2D eigenvalue weighted by molar-refractivity contribution is 7.89. The van der Waals surface area contributed by atoms with Crippen molar-refractivity contribution in [3.05, 3.63) is 24.3 Å². The highest BCUT2D eigenvalue weighted by Crippen LogP contribution is 2.39. The Hall–Kier alpha value is -1.91. The normalized spacial score (nSPS) is 17.6. The summed E-state index contributed by atoms with van der Waals surface area (Å²) in [4.78, 5) is 11.0. The average molecular weight is 307 g/mol. The molecule has 0 radical (unpaired) electrons. The fourth-order valence-corrected chi connectivity index (χ4v) is 3.50. The van der Waals surface area contributed by atoms with Crippen molar-refractivity contribution in [3.63, 3.8) is 0 Å². The summed E-state index contributed by atoms with van der Waals surface area (Å²) in [5.41, 5.74) is -0.554. The standard InChI is InChI=1S/C14H17N3O3S/c1-10(18)16-12-5-7-13(8-6-12)21(19,20)17-14(2,9-15)11-3-4-11/h5-8,11,17H,3-4H2,1-2H3,(H,16,18)/t14-/m1/s1. The number of nitriles is 1. The van der Waals surface area contributed by atoms with Crippen LogP contribution in [-0.2, 0) is 14.8 Å². The number of sulfonamides is 1. The second-order valence-corrected chi connectivity index (χ2v) is 7.08. The van der Waals surface area contributed by atoms with Gasteiger partial charge in [0.15, 0.2) is 0 Å². The Morgan fingerprint density at radius 1 is 1.33 bits per heavy atom. The maximum atomic E-state index is 12.3. The molecule has 1 fully saturated rings. The number of carbonyl (C=O) groups is 1. The van der Waals surface area contributed by atoms with Gasteiger partial charge in [0.25, 0.3) is 0 Å². The van der Waals surface area contributed by atoms with E-state index < -0.39 is 15.6 Å². The van der Waals surface area contributed by atoms with Crippen molar-refractivity contribution in [2.75, 3.05) is 5.32 Å². The number of benzene rings is 1. The van der Waals surface area contributed by atoms with E-state index >= 15 is 0 Å². The third-order valence-electron chi connectivity index (χ3n) is 3.46. The monoisotopic (exact) mass is 307 g/mol. The summed E-state index contributed by atoms with van der Waals surface area (Å²) >= 11 is 0. The van der Waals surface area contributed by atoms with Crippen LogP contribution >= 0.6 is 0 Å². The van der Waals surface area contributed by atoms with Gasteiger partial charge in [0, 0.05) is 12.6 Å². The van der Waals surface area contributed by atoms with E-state index in [1.807, 2.05) is 0 Å². The van der Waals surface area contributed by atoms with E-state index in [9.17, 15) is 18.5 Å². The van der Waals surface area contributed by atoms with Gasteiger partial charge in [-0.05, 0) is 49.9 Å². The molecule has 0 aromatic heterocycles. The lowest BCUT2D eigenvalue weighted by atomic mass is 10.0. The summed E-state index contributed by atoms with van der Waals surface area (Å²) < 4.78 is 27.1. The van der Waals surface area contributed by atoms with Crippen LogP contribution in [0, 0.1) is 17.2 Å². The summed E-state index contributed by atoms with van der Waals surface area (Å²) in [6.45, 7) is 2.98. The summed E-state index contributed by atoms with van der Waals surface area (Å²) in [6, 6.07) is 7.88. The van der Waals surface area contributed by atoms with Gasteiger partial charge < -0.3 is 5.32 Å². The van der Waals surface area contributed by atoms with Gasteiger partial charge in [-0.25, -0.2) is 8.42 Å². The molecule has 0 aliphatic heterocycles. The number of nitrogens with one attached hydrogen (secondary N) is 2. The summed E-state index contributed by atoms with van der Waals surface area (Å²) in [5.74, 6) is -0.162. The third-order valence-corrected chi connectivity index (χ3v) is 5.04. The average Bonchev–Trinajstić information content (AvgIpc) is 3.22. The first-order chi connectivity index (χ1) is 9.77. The van der Waals surface area contributed by atoms with Crippen molar-refractivity contribution < 1.29 is 13.2 Å². The molecule has 0 saturated heterocycles. The molecule has 1 saturated carbocycles. The first-order valence-corrected chi connectivity index (χ1v) is 8.08. The third kappa shape index (κ3) is 3.60. The second kappa shape index (κ2) is 5.47. The quantitative estimate of drug-likeness (QED) is 0.863. The van der Waals surface area contributed by atoms with Crippen LogP contribution in [0.3, 0.4) is 0 Å². The van der Waals surface area contributed by atoms with Crippen LogP contribution in [0.15, 0.2) is 29.2 Å². The number of nitrogens with zero attached hydrogens (tertiary/aromatic N) is 1. The van der Waals surface area contributed by atoms with Gasteiger partial charge in [-0.2, -0.15) is 9.98 Å². The molecule has 0 unspecified atom stereocenters. The second-order valence-electron chi connectivity index (χ2n) is 5.40. The molecule has 1 aliphatic rings. The maximum Gasteiger partial charge on any atom is 0.241 e. The number of anilines is 1. The fourth-order valence-electron chi connectivity index (χ4n) is 2.12. The summed E-state index contributed by atoms with van der Waals surface area (Å²) in [5, 5.41) is 11.8. The first-order valence-electron chi connectivity index (χ1n) is 6.60. The molecule has 1 aromatic carbocycles. The Bertz CT molecular complexity index is 687. The van der Waals surface area contributed by atoms with Crippen LogP contribution in [0.4, 0.5) is 5.69 Å². The number of amides is 1. The molecule has 1 amide bonds. The Morgan fingerprint density at radius 3 is 2.33 bits per heavy atom. The predicted octanol–water partition coefficient (Wildman–Crippen LogP) is 1.62. The zero-order valence-electron chi connectivity index (χ0n) is 11.9. The van der Waals surface area contributed by atoms with Crippen LogP contribution in [0.1, 0.15) is 26.7 Å². The molecule has 6 nitrogen and oxygen atoms in total. The van der Waals surface area contributed by atoms with Gasteiger partial charge >= 0.3 is 0 Å². The highest BCUT2D eigenvalue weighted by Gasteiger charge is 2.44. The first kappa shape index (κ1) is 15.5. The van der Waals surface area contributed by atoms with Gasteiger partial charge in [-0.1, -0.05) is 0 Å². The zero-order chi connectivity index (χ0) is 15.7. The van der Waals surface area contributed by atoms with E-state index in [4.69, 9.17) is 0 Å². The van der Waals surface area contributed by atoms with E-state index in [0.717, 1.165) is 12.8 Å². The minimum absolute atomic E-state index is 0.0657. The number of carbonyl (C=O) groups excluding carboxylic acids is 1. The van der Waals surface area contributed by atoms with E-state index in [1.165, 1.54) is 31.2 Å². The van der Waals surface area contributed by atoms with Crippen molar-refractivity contribution in [1.29, 1.82) is 5.26 Å². The smallest absolute Gasteiger partial charge is 0.241 e. The topological polar surface area (TPSA) is 99.1 Å². The van der Waals surface area contributed by atoms with E-state index in [0.29, 0.717) is 5.69 Å². The SMILES string of the molecule is CC(=O)Nc1ccc(S(=O)(=O)N[C@](C)(C#N)C2CC2)cc1. The fraction of sp³-hybridized carbons (Fsp3) is 0.429. The van der Waals surface area contributed by atoms with Crippen LogP contribution < -0.4 is 10.0 Å². The van der Waals surface area contributed by atoms with Crippen molar-refractivity contribution in [2.24, 2.45) is 5.92 Å². The molecule has 2 N–H and O–H groups in total. The van der Waals surface area contributed by atoms with Crippen molar-refractivity contribution in [3.8, 4) is 6.07 Å². The molecule has 0 heterocycles. The van der Waals surface area contributed by atoms with E-state index in [-0.39, 0.29) is 16.7 Å². The highest BCUT2D eigenvalue weighted by atomic mass is 32.2. The number of hydrogen-bond acceptors (Lipinski definition) is 4. The molecular formula is C14H17N3O3S. The molecular weight excluding hydrogens is 290 g/mol. The van der Waals surface area contributed by atoms with Gasteiger partial charge in [-0.3, -0.25) is 4.79 Å². The lowest BCUT2D eigenvalue weighted by Gasteiger charge is -2.22.